The van der Waals surface area contributed by atoms with Gasteiger partial charge in [0.2, 0.25) is 5.88 Å². The van der Waals surface area contributed by atoms with Gasteiger partial charge in [-0.3, -0.25) is 4.79 Å². The molecule has 5 nitrogen and oxygen atoms in total. The minimum atomic E-state index is -0.525. The van der Waals surface area contributed by atoms with Crippen LogP contribution in [0.5, 0.6) is 5.75 Å². The number of allylic oxidation sites excluding steroid dienone is 3. The van der Waals surface area contributed by atoms with Gasteiger partial charge in [0.1, 0.15) is 29.8 Å². The van der Waals surface area contributed by atoms with E-state index in [1.807, 2.05) is 62.4 Å². The zero-order chi connectivity index (χ0) is 22.2. The van der Waals surface area contributed by atoms with Crippen molar-refractivity contribution in [3.05, 3.63) is 87.5 Å². The lowest BCUT2D eigenvalue weighted by atomic mass is 9.70. The lowest BCUT2D eigenvalue weighted by molar-refractivity contribution is -0.119. The van der Waals surface area contributed by atoms with Crippen LogP contribution in [0.15, 0.2) is 71.3 Å². The third kappa shape index (κ3) is 4.30. The van der Waals surface area contributed by atoms with Gasteiger partial charge in [0, 0.05) is 23.4 Å². The fourth-order valence-corrected chi connectivity index (χ4v) is 4.25. The summed E-state index contributed by atoms with van der Waals surface area (Å²) in [5.41, 5.74) is 8.48. The van der Waals surface area contributed by atoms with E-state index in [1.54, 1.807) is 0 Å². The van der Waals surface area contributed by atoms with E-state index in [0.717, 1.165) is 11.1 Å². The van der Waals surface area contributed by atoms with Crippen LogP contribution < -0.4 is 10.5 Å². The van der Waals surface area contributed by atoms with Crippen molar-refractivity contribution in [3.8, 4) is 11.8 Å². The predicted molar refractivity (Wildman–Crippen MR) is 118 cm³/mol. The standard InChI is InChI=1S/C25H23ClN2O3/c1-25(2)11-20(29)23-21(12-25)31-24(28)19(13-27)22(23)16-5-9-18(10-6-16)30-14-15-3-7-17(26)8-4-15/h3-10,22H,11-12,14,28H2,1-2H3. The lowest BCUT2D eigenvalue weighted by Gasteiger charge is -2.37. The van der Waals surface area contributed by atoms with Gasteiger partial charge in [0.15, 0.2) is 5.78 Å². The van der Waals surface area contributed by atoms with Gasteiger partial charge in [-0.1, -0.05) is 49.7 Å². The van der Waals surface area contributed by atoms with Gasteiger partial charge in [-0.15, -0.1) is 0 Å². The Balaban J connectivity index is 1.61. The number of benzene rings is 2. The molecule has 0 spiro atoms. The van der Waals surface area contributed by atoms with Gasteiger partial charge < -0.3 is 15.2 Å². The second-order valence-corrected chi connectivity index (χ2v) is 9.12. The number of ether oxygens (including phenoxy) is 2. The average molecular weight is 435 g/mol. The number of nitriles is 1. The fourth-order valence-electron chi connectivity index (χ4n) is 4.12. The van der Waals surface area contributed by atoms with Crippen LogP contribution in [-0.2, 0) is 16.1 Å². The Labute approximate surface area is 186 Å². The zero-order valence-corrected chi connectivity index (χ0v) is 18.2. The number of rotatable bonds is 4. The number of hydrogen-bond donors (Lipinski definition) is 1. The van der Waals surface area contributed by atoms with Crippen molar-refractivity contribution < 1.29 is 14.3 Å². The molecule has 6 heteroatoms. The number of hydrogen-bond acceptors (Lipinski definition) is 5. The van der Waals surface area contributed by atoms with Gasteiger partial charge >= 0.3 is 0 Å². The third-order valence-corrected chi connectivity index (χ3v) is 5.86. The fraction of sp³-hybridized carbons (Fsp3) is 0.280. The van der Waals surface area contributed by atoms with E-state index in [-0.39, 0.29) is 22.7 Å². The van der Waals surface area contributed by atoms with Crippen LogP contribution in [-0.4, -0.2) is 5.78 Å². The number of ketones is 1. The monoisotopic (exact) mass is 434 g/mol. The van der Waals surface area contributed by atoms with Crippen molar-refractivity contribution in [2.45, 2.75) is 39.2 Å². The molecule has 2 aliphatic rings. The minimum Gasteiger partial charge on any atom is -0.489 e. The summed E-state index contributed by atoms with van der Waals surface area (Å²) in [6.07, 6.45) is 1.01. The molecule has 1 aliphatic heterocycles. The first kappa shape index (κ1) is 21.0. The molecule has 31 heavy (non-hydrogen) atoms. The van der Waals surface area contributed by atoms with Crippen molar-refractivity contribution in [2.75, 3.05) is 0 Å². The molecule has 2 aromatic carbocycles. The summed E-state index contributed by atoms with van der Waals surface area (Å²) in [6, 6.07) is 17.0. The maximum absolute atomic E-state index is 13.0. The molecule has 2 N–H and O–H groups in total. The molecule has 0 saturated carbocycles. The Bertz CT molecular complexity index is 1120. The molecule has 1 atom stereocenters. The Hall–Kier alpha value is -3.23. The van der Waals surface area contributed by atoms with Crippen LogP contribution in [0.25, 0.3) is 0 Å². The van der Waals surface area contributed by atoms with Crippen molar-refractivity contribution in [1.82, 2.24) is 0 Å². The largest absolute Gasteiger partial charge is 0.489 e. The number of halogens is 1. The average Bonchev–Trinajstić information content (AvgIpc) is 2.72. The summed E-state index contributed by atoms with van der Waals surface area (Å²) < 4.78 is 11.6. The topological polar surface area (TPSA) is 85.3 Å². The Morgan fingerprint density at radius 1 is 1.16 bits per heavy atom. The number of Topliss-reactive ketones (excluding diaryl/α,β-unsaturated/α-hetero) is 1. The molecule has 0 amide bonds. The van der Waals surface area contributed by atoms with Crippen LogP contribution in [0.1, 0.15) is 43.7 Å². The normalized spacial score (nSPS) is 20.1. The van der Waals surface area contributed by atoms with Gasteiger partial charge in [-0.25, -0.2) is 0 Å². The van der Waals surface area contributed by atoms with E-state index in [1.165, 1.54) is 0 Å². The number of nitrogens with two attached hydrogens (primary N) is 1. The smallest absolute Gasteiger partial charge is 0.205 e. The van der Waals surface area contributed by atoms with Crippen molar-refractivity contribution in [1.29, 1.82) is 5.26 Å². The molecule has 0 bridgehead atoms. The minimum absolute atomic E-state index is 0.000403. The van der Waals surface area contributed by atoms with Gasteiger partial charge in [-0.05, 0) is 40.8 Å². The van der Waals surface area contributed by atoms with E-state index >= 15 is 0 Å². The molecule has 0 aromatic heterocycles. The highest BCUT2D eigenvalue weighted by Gasteiger charge is 2.42. The zero-order valence-electron chi connectivity index (χ0n) is 17.4. The first-order chi connectivity index (χ1) is 14.8. The maximum Gasteiger partial charge on any atom is 0.205 e. The summed E-state index contributed by atoms with van der Waals surface area (Å²) in [7, 11) is 0. The van der Waals surface area contributed by atoms with E-state index in [2.05, 4.69) is 6.07 Å². The quantitative estimate of drug-likeness (QED) is 0.699. The first-order valence-electron chi connectivity index (χ1n) is 10.1. The van der Waals surface area contributed by atoms with Crippen LogP contribution >= 0.6 is 11.6 Å². The van der Waals surface area contributed by atoms with E-state index in [9.17, 15) is 10.1 Å². The van der Waals surface area contributed by atoms with Crippen LogP contribution in [0, 0.1) is 16.7 Å². The van der Waals surface area contributed by atoms with Crippen molar-refractivity contribution >= 4 is 17.4 Å². The van der Waals surface area contributed by atoms with E-state index < -0.39 is 5.92 Å². The Kier molecular flexibility index (Phi) is 5.51. The number of carbonyl (C=O) groups excluding carboxylic acids is 1. The summed E-state index contributed by atoms with van der Waals surface area (Å²) >= 11 is 5.92. The van der Waals surface area contributed by atoms with Gasteiger partial charge in [0.25, 0.3) is 0 Å². The van der Waals surface area contributed by atoms with Gasteiger partial charge in [-0.2, -0.15) is 5.26 Å². The highest BCUT2D eigenvalue weighted by Crippen LogP contribution is 2.47. The molecule has 1 heterocycles. The molecule has 2 aromatic rings. The highest BCUT2D eigenvalue weighted by molar-refractivity contribution is 6.30. The van der Waals surface area contributed by atoms with Crippen LogP contribution in [0.4, 0.5) is 0 Å². The molecule has 1 unspecified atom stereocenters. The summed E-state index contributed by atoms with van der Waals surface area (Å²) in [5, 5.41) is 10.4. The van der Waals surface area contributed by atoms with Crippen LogP contribution in [0.3, 0.4) is 0 Å². The van der Waals surface area contributed by atoms with E-state index in [4.69, 9.17) is 26.8 Å². The molecule has 0 fully saturated rings. The maximum atomic E-state index is 13.0. The second kappa shape index (κ2) is 8.13. The first-order valence-corrected chi connectivity index (χ1v) is 10.5. The van der Waals surface area contributed by atoms with Crippen molar-refractivity contribution in [2.24, 2.45) is 11.1 Å². The molecular formula is C25H23ClN2O3. The van der Waals surface area contributed by atoms with Crippen molar-refractivity contribution in [3.63, 3.8) is 0 Å². The molecule has 1 aliphatic carbocycles. The number of nitrogens with zero attached hydrogens (tertiary/aromatic N) is 1. The highest BCUT2D eigenvalue weighted by atomic mass is 35.5. The Morgan fingerprint density at radius 2 is 1.84 bits per heavy atom. The molecular weight excluding hydrogens is 412 g/mol. The summed E-state index contributed by atoms with van der Waals surface area (Å²) in [6.45, 7) is 4.46. The molecule has 158 valence electrons. The lowest BCUT2D eigenvalue weighted by Crippen LogP contribution is -2.33. The van der Waals surface area contributed by atoms with Gasteiger partial charge in [0.05, 0.1) is 5.92 Å². The number of carbonyl (C=O) groups is 1. The summed E-state index contributed by atoms with van der Waals surface area (Å²) in [4.78, 5) is 13.0. The molecule has 4 rings (SSSR count). The van der Waals surface area contributed by atoms with Crippen LogP contribution in [0.2, 0.25) is 5.02 Å². The third-order valence-electron chi connectivity index (χ3n) is 5.61. The summed E-state index contributed by atoms with van der Waals surface area (Å²) in [5.74, 6) is 0.805. The van der Waals surface area contributed by atoms with E-state index in [0.29, 0.717) is 41.6 Å². The second-order valence-electron chi connectivity index (χ2n) is 8.69. The predicted octanol–water partition coefficient (Wildman–Crippen LogP) is 5.37. The molecule has 0 radical (unpaired) electrons. The Morgan fingerprint density at radius 3 is 2.48 bits per heavy atom. The SMILES string of the molecule is CC1(C)CC(=O)C2=C(C1)OC(N)=C(C#N)C2c1ccc(OCc2ccc(Cl)cc2)cc1. The molecule has 0 saturated heterocycles.